The number of fused-ring (bicyclic) bond motifs is 5. The molecule has 1 aromatic heterocycles. The Morgan fingerprint density at radius 3 is 2.67 bits per heavy atom. The number of amides is 3. The van der Waals surface area contributed by atoms with Crippen molar-refractivity contribution in [3.05, 3.63) is 65.9 Å². The Kier molecular flexibility index (Phi) is 4.43. The fourth-order valence-corrected chi connectivity index (χ4v) is 5.93. The van der Waals surface area contributed by atoms with E-state index in [0.717, 1.165) is 22.0 Å². The molecule has 8 nitrogen and oxygen atoms in total. The van der Waals surface area contributed by atoms with Gasteiger partial charge >= 0.3 is 0 Å². The Bertz CT molecular complexity index is 1300. The third-order valence-corrected chi connectivity index (χ3v) is 7.35. The van der Waals surface area contributed by atoms with E-state index in [1.54, 1.807) is 0 Å². The summed E-state index contributed by atoms with van der Waals surface area (Å²) in [6.07, 6.45) is 2.46. The molecule has 6 rings (SSSR count). The van der Waals surface area contributed by atoms with Crippen LogP contribution in [0.5, 0.6) is 0 Å². The molecule has 2 aromatic carbocycles. The minimum Gasteiger partial charge on any atom is -0.383 e. The molecule has 2 unspecified atom stereocenters. The summed E-state index contributed by atoms with van der Waals surface area (Å²) in [7, 11) is 1.54. The van der Waals surface area contributed by atoms with Gasteiger partial charge < -0.3 is 15.0 Å². The van der Waals surface area contributed by atoms with Crippen LogP contribution in [0.3, 0.4) is 0 Å². The summed E-state index contributed by atoms with van der Waals surface area (Å²) in [6.45, 7) is 0.438. The number of para-hydroxylation sites is 2. The van der Waals surface area contributed by atoms with Crippen molar-refractivity contribution in [3.8, 4) is 0 Å². The van der Waals surface area contributed by atoms with Gasteiger partial charge in [-0.25, -0.2) is 0 Å². The Balaban J connectivity index is 1.46. The molecule has 0 bridgehead atoms. The molecule has 0 aliphatic carbocycles. The quantitative estimate of drug-likeness (QED) is 0.521. The largest absolute Gasteiger partial charge is 0.383 e. The molecule has 2 saturated heterocycles. The van der Waals surface area contributed by atoms with Crippen LogP contribution in [-0.4, -0.2) is 53.9 Å². The Labute approximate surface area is 190 Å². The van der Waals surface area contributed by atoms with Gasteiger partial charge in [0.1, 0.15) is 5.54 Å². The molecule has 4 heterocycles. The number of aromatic amines is 1. The third kappa shape index (κ3) is 2.68. The molecule has 3 aromatic rings. The zero-order valence-corrected chi connectivity index (χ0v) is 18.1. The highest BCUT2D eigenvalue weighted by Crippen LogP contribution is 2.53. The van der Waals surface area contributed by atoms with Crippen LogP contribution in [-0.2, 0) is 31.1 Å². The highest BCUT2D eigenvalue weighted by atomic mass is 16.5. The van der Waals surface area contributed by atoms with E-state index in [1.807, 2.05) is 54.7 Å². The second-order valence-electron chi connectivity index (χ2n) is 8.95. The number of anilines is 1. The maximum atomic E-state index is 13.6. The van der Waals surface area contributed by atoms with Crippen molar-refractivity contribution >= 4 is 34.3 Å². The minimum absolute atomic E-state index is 0.181. The summed E-state index contributed by atoms with van der Waals surface area (Å²) in [4.78, 5) is 45.1. The molecule has 1 spiro atoms. The van der Waals surface area contributed by atoms with Crippen molar-refractivity contribution in [1.82, 2.24) is 15.2 Å². The van der Waals surface area contributed by atoms with Crippen LogP contribution in [0.2, 0.25) is 0 Å². The topological polar surface area (TPSA) is 104 Å². The maximum absolute atomic E-state index is 13.6. The van der Waals surface area contributed by atoms with Crippen molar-refractivity contribution < 1.29 is 19.1 Å². The van der Waals surface area contributed by atoms with Gasteiger partial charge in [0, 0.05) is 41.5 Å². The number of ether oxygens (including phenoxy) is 1. The lowest BCUT2D eigenvalue weighted by molar-refractivity contribution is -0.143. The number of nitrogens with one attached hydrogen (secondary N) is 3. The molecule has 0 saturated carbocycles. The fraction of sp³-hybridized carbons (Fsp3) is 0.320. The predicted molar refractivity (Wildman–Crippen MR) is 121 cm³/mol. The highest BCUT2D eigenvalue weighted by Gasteiger charge is 2.70. The van der Waals surface area contributed by atoms with E-state index in [9.17, 15) is 14.4 Å². The van der Waals surface area contributed by atoms with E-state index in [-0.39, 0.29) is 36.9 Å². The number of carbonyl (C=O) groups excluding carboxylic acids is 3. The number of nitrogens with zero attached hydrogens (tertiary/aromatic N) is 1. The number of likely N-dealkylation sites (tertiary alicyclic amines) is 1. The standard InChI is InChI=1S/C25H24N4O4/c1-33-11-10-29-22(30)20-19(12-14-13-26-17-8-4-2-6-15(14)17)28-25(21(20)23(29)31)16-7-3-5-9-18(16)27-24(25)32/h2-9,13,19-21,26,28H,10-12H2,1H3,(H,27,32)/t19?,20-,21+,25?/m1/s1. The van der Waals surface area contributed by atoms with Crippen LogP contribution in [0.4, 0.5) is 5.69 Å². The van der Waals surface area contributed by atoms with E-state index >= 15 is 0 Å². The minimum atomic E-state index is -1.27. The summed E-state index contributed by atoms with van der Waals surface area (Å²) < 4.78 is 5.13. The average Bonchev–Trinajstić information content (AvgIpc) is 3.53. The third-order valence-electron chi connectivity index (χ3n) is 7.35. The second kappa shape index (κ2) is 7.26. The summed E-state index contributed by atoms with van der Waals surface area (Å²) in [5, 5.41) is 7.49. The number of hydrogen-bond donors (Lipinski definition) is 3. The predicted octanol–water partition coefficient (Wildman–Crippen LogP) is 1.78. The Hall–Kier alpha value is -3.49. The van der Waals surface area contributed by atoms with Crippen LogP contribution in [0, 0.1) is 11.8 Å². The number of benzene rings is 2. The van der Waals surface area contributed by atoms with Gasteiger partial charge in [0.05, 0.1) is 25.0 Å². The number of carbonyl (C=O) groups is 3. The summed E-state index contributed by atoms with van der Waals surface area (Å²) in [5.41, 5.74) is 2.18. The molecule has 3 aliphatic heterocycles. The van der Waals surface area contributed by atoms with E-state index in [0.29, 0.717) is 12.1 Å². The van der Waals surface area contributed by atoms with Crippen LogP contribution in [0.25, 0.3) is 10.9 Å². The van der Waals surface area contributed by atoms with Crippen LogP contribution in [0.1, 0.15) is 11.1 Å². The van der Waals surface area contributed by atoms with Crippen molar-refractivity contribution in [3.63, 3.8) is 0 Å². The summed E-state index contributed by atoms with van der Waals surface area (Å²) >= 11 is 0. The number of H-pyrrole nitrogens is 1. The van der Waals surface area contributed by atoms with Gasteiger partial charge in [-0.15, -0.1) is 0 Å². The van der Waals surface area contributed by atoms with E-state index < -0.39 is 17.4 Å². The SMILES string of the molecule is COCCN1C(=O)[C@@H]2C(Cc3c[nH]c4ccccc34)NC3(C(=O)Nc4ccccc43)[C@@H]2C1=O. The molecule has 2 fully saturated rings. The normalized spacial score (nSPS) is 28.1. The van der Waals surface area contributed by atoms with Gasteiger partial charge in [-0.3, -0.25) is 24.6 Å². The Morgan fingerprint density at radius 1 is 1.03 bits per heavy atom. The van der Waals surface area contributed by atoms with E-state index in [4.69, 9.17) is 4.74 Å². The number of methoxy groups -OCH3 is 1. The average molecular weight is 444 g/mol. The molecule has 33 heavy (non-hydrogen) atoms. The van der Waals surface area contributed by atoms with Gasteiger partial charge in [0.2, 0.25) is 17.7 Å². The first-order valence-corrected chi connectivity index (χ1v) is 11.1. The van der Waals surface area contributed by atoms with Crippen molar-refractivity contribution in [2.75, 3.05) is 25.6 Å². The highest BCUT2D eigenvalue weighted by molar-refractivity contribution is 6.15. The molecular formula is C25H24N4O4. The smallest absolute Gasteiger partial charge is 0.250 e. The first-order valence-electron chi connectivity index (χ1n) is 11.1. The van der Waals surface area contributed by atoms with Crippen LogP contribution in [0.15, 0.2) is 54.7 Å². The molecule has 0 radical (unpaired) electrons. The first-order chi connectivity index (χ1) is 16.1. The zero-order chi connectivity index (χ0) is 22.7. The fourth-order valence-electron chi connectivity index (χ4n) is 5.93. The molecular weight excluding hydrogens is 420 g/mol. The Morgan fingerprint density at radius 2 is 1.82 bits per heavy atom. The van der Waals surface area contributed by atoms with E-state index in [1.165, 1.54) is 12.0 Å². The zero-order valence-electron chi connectivity index (χ0n) is 18.1. The van der Waals surface area contributed by atoms with Gasteiger partial charge in [-0.1, -0.05) is 36.4 Å². The van der Waals surface area contributed by atoms with E-state index in [2.05, 4.69) is 15.6 Å². The molecule has 4 atom stereocenters. The second-order valence-corrected chi connectivity index (χ2v) is 8.95. The molecule has 3 amide bonds. The van der Waals surface area contributed by atoms with Gasteiger partial charge in [0.25, 0.3) is 0 Å². The van der Waals surface area contributed by atoms with Gasteiger partial charge in [-0.2, -0.15) is 0 Å². The molecule has 168 valence electrons. The number of aromatic nitrogens is 1. The van der Waals surface area contributed by atoms with Crippen molar-refractivity contribution in [2.24, 2.45) is 11.8 Å². The first kappa shape index (κ1) is 20.1. The molecule has 8 heteroatoms. The van der Waals surface area contributed by atoms with Gasteiger partial charge in [-0.05, 0) is 24.1 Å². The molecule has 3 N–H and O–H groups in total. The van der Waals surface area contributed by atoms with Crippen molar-refractivity contribution in [2.45, 2.75) is 18.0 Å². The van der Waals surface area contributed by atoms with Gasteiger partial charge in [0.15, 0.2) is 0 Å². The number of imide groups is 1. The van der Waals surface area contributed by atoms with Crippen LogP contribution >= 0.6 is 0 Å². The lowest BCUT2D eigenvalue weighted by Crippen LogP contribution is -2.53. The monoisotopic (exact) mass is 444 g/mol. The maximum Gasteiger partial charge on any atom is 0.250 e. The van der Waals surface area contributed by atoms with Crippen LogP contribution < -0.4 is 10.6 Å². The molecule has 3 aliphatic rings. The lowest BCUT2D eigenvalue weighted by Gasteiger charge is -2.29. The summed E-state index contributed by atoms with van der Waals surface area (Å²) in [5.74, 6) is -2.29. The number of hydrogen-bond acceptors (Lipinski definition) is 5. The lowest BCUT2D eigenvalue weighted by atomic mass is 9.76. The van der Waals surface area contributed by atoms with Crippen molar-refractivity contribution in [1.29, 1.82) is 0 Å². The number of rotatable bonds is 5. The summed E-state index contributed by atoms with van der Waals surface area (Å²) in [6, 6.07) is 15.0.